The van der Waals surface area contributed by atoms with Crippen molar-refractivity contribution in [1.29, 1.82) is 0 Å². The molecule has 1 aromatic heterocycles. The van der Waals surface area contributed by atoms with Crippen LogP contribution in [0.2, 0.25) is 0 Å². The van der Waals surface area contributed by atoms with Gasteiger partial charge in [-0.3, -0.25) is 4.98 Å². The normalized spacial score (nSPS) is 10.7. The van der Waals surface area contributed by atoms with Crippen LogP contribution in [-0.2, 0) is 0 Å². The largest absolute Gasteiger partial charge is 0.457 e. The third kappa shape index (κ3) is 2.32. The van der Waals surface area contributed by atoms with Gasteiger partial charge in [0.05, 0.1) is 15.7 Å². The molecule has 20 heavy (non-hydrogen) atoms. The summed E-state index contributed by atoms with van der Waals surface area (Å²) in [6, 6.07) is 11.7. The molecule has 3 nitrogen and oxygen atoms in total. The predicted molar refractivity (Wildman–Crippen MR) is 80.3 cm³/mol. The molecule has 0 bridgehead atoms. The summed E-state index contributed by atoms with van der Waals surface area (Å²) in [6.45, 7) is 0. The van der Waals surface area contributed by atoms with Gasteiger partial charge in [0.2, 0.25) is 0 Å². The molecule has 1 heterocycles. The van der Waals surface area contributed by atoms with E-state index in [0.717, 1.165) is 5.39 Å². The second kappa shape index (κ2) is 5.09. The van der Waals surface area contributed by atoms with Crippen LogP contribution in [0.25, 0.3) is 10.9 Å². The lowest BCUT2D eigenvalue weighted by Gasteiger charge is -2.10. The van der Waals surface area contributed by atoms with E-state index in [9.17, 15) is 4.39 Å². The summed E-state index contributed by atoms with van der Waals surface area (Å²) in [5, 5.41) is 0.813. The molecular formula is C15H10BrFN2O. The number of nitrogen functional groups attached to an aromatic ring is 1. The van der Waals surface area contributed by atoms with Gasteiger partial charge in [-0.15, -0.1) is 0 Å². The van der Waals surface area contributed by atoms with Crippen molar-refractivity contribution in [3.8, 4) is 11.5 Å². The van der Waals surface area contributed by atoms with E-state index < -0.39 is 0 Å². The van der Waals surface area contributed by atoms with Gasteiger partial charge in [0.1, 0.15) is 17.3 Å². The van der Waals surface area contributed by atoms with Gasteiger partial charge < -0.3 is 10.5 Å². The maximum Gasteiger partial charge on any atom is 0.138 e. The Bertz CT molecular complexity index is 792. The summed E-state index contributed by atoms with van der Waals surface area (Å²) < 4.78 is 19.4. The topological polar surface area (TPSA) is 48.1 Å². The van der Waals surface area contributed by atoms with Crippen molar-refractivity contribution in [1.82, 2.24) is 4.98 Å². The molecule has 3 rings (SSSR count). The van der Waals surface area contributed by atoms with E-state index in [0.29, 0.717) is 27.2 Å². The summed E-state index contributed by atoms with van der Waals surface area (Å²) >= 11 is 3.13. The van der Waals surface area contributed by atoms with E-state index in [4.69, 9.17) is 10.5 Å². The fourth-order valence-electron chi connectivity index (χ4n) is 1.93. The third-order valence-electron chi connectivity index (χ3n) is 2.88. The zero-order valence-electron chi connectivity index (χ0n) is 10.3. The van der Waals surface area contributed by atoms with E-state index in [1.54, 1.807) is 30.5 Å². The molecule has 0 aliphatic rings. The zero-order valence-corrected chi connectivity index (χ0v) is 11.9. The average Bonchev–Trinajstić information content (AvgIpc) is 2.44. The van der Waals surface area contributed by atoms with Crippen LogP contribution in [0.1, 0.15) is 0 Å². The molecule has 2 aromatic carbocycles. The molecule has 0 radical (unpaired) electrons. The van der Waals surface area contributed by atoms with Crippen molar-refractivity contribution in [2.24, 2.45) is 0 Å². The molecule has 3 aromatic rings. The van der Waals surface area contributed by atoms with Gasteiger partial charge in [-0.1, -0.05) is 6.07 Å². The summed E-state index contributed by atoms with van der Waals surface area (Å²) in [4.78, 5) is 4.24. The van der Waals surface area contributed by atoms with E-state index >= 15 is 0 Å². The van der Waals surface area contributed by atoms with Crippen LogP contribution >= 0.6 is 15.9 Å². The number of aromatic nitrogens is 1. The fourth-order valence-corrected chi connectivity index (χ4v) is 2.29. The highest BCUT2D eigenvalue weighted by Crippen LogP contribution is 2.32. The molecular weight excluding hydrogens is 323 g/mol. The number of anilines is 1. The molecule has 0 fully saturated rings. The highest BCUT2D eigenvalue weighted by Gasteiger charge is 2.07. The lowest BCUT2D eigenvalue weighted by molar-refractivity contribution is 0.485. The number of benzene rings is 2. The Balaban J connectivity index is 2.06. The van der Waals surface area contributed by atoms with Gasteiger partial charge in [-0.2, -0.15) is 0 Å². The van der Waals surface area contributed by atoms with Crippen LogP contribution in [0.3, 0.4) is 0 Å². The first-order chi connectivity index (χ1) is 9.65. The standard InChI is InChI=1S/C15H10BrFN2O/c16-11-8-9(4-5-12(11)17)20-14-6-7-19-15-10(14)2-1-3-13(15)18/h1-8H,18H2. The molecule has 2 N–H and O–H groups in total. The molecule has 5 heteroatoms. The highest BCUT2D eigenvalue weighted by molar-refractivity contribution is 9.10. The average molecular weight is 333 g/mol. The Labute approximate surface area is 123 Å². The monoisotopic (exact) mass is 332 g/mol. The molecule has 0 aliphatic heterocycles. The van der Waals surface area contributed by atoms with Crippen molar-refractivity contribution in [2.75, 3.05) is 5.73 Å². The quantitative estimate of drug-likeness (QED) is 0.702. The molecule has 0 unspecified atom stereocenters. The molecule has 0 atom stereocenters. The minimum absolute atomic E-state index is 0.332. The van der Waals surface area contributed by atoms with E-state index in [1.807, 2.05) is 12.1 Å². The van der Waals surface area contributed by atoms with Gasteiger partial charge in [-0.05, 0) is 52.3 Å². The predicted octanol–water partition coefficient (Wildman–Crippen LogP) is 4.51. The van der Waals surface area contributed by atoms with Crippen LogP contribution in [0.5, 0.6) is 11.5 Å². The van der Waals surface area contributed by atoms with Crippen LogP contribution in [0.4, 0.5) is 10.1 Å². The maximum atomic E-state index is 13.2. The van der Waals surface area contributed by atoms with Gasteiger partial charge in [0, 0.05) is 11.6 Å². The number of hydrogen-bond donors (Lipinski definition) is 1. The van der Waals surface area contributed by atoms with Crippen LogP contribution < -0.4 is 10.5 Å². The number of nitrogens with zero attached hydrogens (tertiary/aromatic N) is 1. The number of para-hydroxylation sites is 1. The number of nitrogens with two attached hydrogens (primary N) is 1. The van der Waals surface area contributed by atoms with Crippen LogP contribution in [0, 0.1) is 5.82 Å². The Morgan fingerprint density at radius 1 is 1.15 bits per heavy atom. The van der Waals surface area contributed by atoms with Crippen molar-refractivity contribution in [2.45, 2.75) is 0 Å². The summed E-state index contributed by atoms with van der Waals surface area (Å²) in [5.41, 5.74) is 7.16. The lowest BCUT2D eigenvalue weighted by atomic mass is 10.2. The van der Waals surface area contributed by atoms with Crippen LogP contribution in [-0.4, -0.2) is 4.98 Å². The molecule has 0 spiro atoms. The Morgan fingerprint density at radius 2 is 2.00 bits per heavy atom. The first-order valence-corrected chi connectivity index (χ1v) is 6.70. The number of ether oxygens (including phenoxy) is 1. The third-order valence-corrected chi connectivity index (χ3v) is 3.49. The second-order valence-corrected chi connectivity index (χ2v) is 5.08. The van der Waals surface area contributed by atoms with Crippen molar-refractivity contribution < 1.29 is 9.13 Å². The molecule has 0 aliphatic carbocycles. The minimum atomic E-state index is -0.332. The Morgan fingerprint density at radius 3 is 2.80 bits per heavy atom. The highest BCUT2D eigenvalue weighted by atomic mass is 79.9. The molecule has 100 valence electrons. The maximum absolute atomic E-state index is 13.2. The van der Waals surface area contributed by atoms with Gasteiger partial charge in [-0.25, -0.2) is 4.39 Å². The summed E-state index contributed by atoms with van der Waals surface area (Å²) in [7, 11) is 0. The molecule has 0 amide bonds. The number of rotatable bonds is 2. The van der Waals surface area contributed by atoms with Crippen molar-refractivity contribution in [3.63, 3.8) is 0 Å². The Kier molecular flexibility index (Phi) is 3.28. The fraction of sp³-hybridized carbons (Fsp3) is 0. The zero-order chi connectivity index (χ0) is 14.1. The number of halogens is 2. The lowest BCUT2D eigenvalue weighted by Crippen LogP contribution is -1.92. The van der Waals surface area contributed by atoms with Crippen molar-refractivity contribution >= 4 is 32.5 Å². The summed E-state index contributed by atoms with van der Waals surface area (Å²) in [6.07, 6.45) is 1.63. The SMILES string of the molecule is Nc1cccc2c(Oc3ccc(F)c(Br)c3)ccnc12. The Hall–Kier alpha value is -2.14. The second-order valence-electron chi connectivity index (χ2n) is 4.23. The van der Waals surface area contributed by atoms with Crippen molar-refractivity contribution in [3.05, 3.63) is 59.0 Å². The van der Waals surface area contributed by atoms with E-state index in [1.165, 1.54) is 6.07 Å². The van der Waals surface area contributed by atoms with Gasteiger partial charge in [0.15, 0.2) is 0 Å². The van der Waals surface area contributed by atoms with E-state index in [2.05, 4.69) is 20.9 Å². The van der Waals surface area contributed by atoms with Gasteiger partial charge >= 0.3 is 0 Å². The molecule has 0 saturated carbocycles. The van der Waals surface area contributed by atoms with E-state index in [-0.39, 0.29) is 5.82 Å². The molecule has 0 saturated heterocycles. The summed E-state index contributed by atoms with van der Waals surface area (Å²) in [5.74, 6) is 0.829. The first kappa shape index (κ1) is 12.9. The smallest absolute Gasteiger partial charge is 0.138 e. The number of hydrogen-bond acceptors (Lipinski definition) is 3. The first-order valence-electron chi connectivity index (χ1n) is 5.91. The van der Waals surface area contributed by atoms with Crippen LogP contribution in [0.15, 0.2) is 53.1 Å². The van der Waals surface area contributed by atoms with Gasteiger partial charge in [0.25, 0.3) is 0 Å². The number of pyridine rings is 1. The number of fused-ring (bicyclic) bond motifs is 1. The minimum Gasteiger partial charge on any atom is -0.457 e.